The molecule has 118 valence electrons. The van der Waals surface area contributed by atoms with Gasteiger partial charge in [-0.05, 0) is 18.6 Å². The van der Waals surface area contributed by atoms with Gasteiger partial charge in [0.05, 0.1) is 17.2 Å². The Morgan fingerprint density at radius 1 is 1.19 bits per heavy atom. The number of benzene rings is 1. The second kappa shape index (κ2) is 10.3. The van der Waals surface area contributed by atoms with Crippen LogP contribution in [0.5, 0.6) is 5.75 Å². The van der Waals surface area contributed by atoms with Crippen LogP contribution in [0, 0.1) is 0 Å². The van der Waals surface area contributed by atoms with Crippen LogP contribution in [0.2, 0.25) is 5.02 Å². The van der Waals surface area contributed by atoms with Gasteiger partial charge in [0.15, 0.2) is 5.84 Å². The monoisotopic (exact) mass is 312 g/mol. The Kier molecular flexibility index (Phi) is 8.67. The Balaban J connectivity index is 2.37. The summed E-state index contributed by atoms with van der Waals surface area (Å²) in [6.07, 6.45) is 8.60. The van der Waals surface area contributed by atoms with E-state index in [1.54, 1.807) is 18.2 Å². The smallest absolute Gasteiger partial charge is 0.175 e. The average molecular weight is 313 g/mol. The first-order chi connectivity index (χ1) is 10.2. The predicted octanol–water partition coefficient (Wildman–Crippen LogP) is 4.56. The number of halogens is 1. The number of hydrogen-bond donors (Lipinski definition) is 2. The lowest BCUT2D eigenvalue weighted by Crippen LogP contribution is -2.15. The molecule has 4 nitrogen and oxygen atoms in total. The van der Waals surface area contributed by atoms with E-state index in [0.717, 1.165) is 12.8 Å². The van der Waals surface area contributed by atoms with Crippen LogP contribution >= 0.6 is 11.6 Å². The molecule has 3 N–H and O–H groups in total. The molecule has 1 aromatic carbocycles. The van der Waals surface area contributed by atoms with Crippen LogP contribution in [0.3, 0.4) is 0 Å². The van der Waals surface area contributed by atoms with E-state index in [1.165, 1.54) is 32.1 Å². The number of oxime groups is 1. The highest BCUT2D eigenvalue weighted by Crippen LogP contribution is 2.26. The van der Waals surface area contributed by atoms with Gasteiger partial charge < -0.3 is 15.7 Å². The van der Waals surface area contributed by atoms with Crippen LogP contribution in [0.4, 0.5) is 0 Å². The highest BCUT2D eigenvalue weighted by atomic mass is 35.5. The largest absolute Gasteiger partial charge is 0.493 e. The van der Waals surface area contributed by atoms with Gasteiger partial charge in [0.25, 0.3) is 0 Å². The minimum absolute atomic E-state index is 0.0323. The first-order valence-electron chi connectivity index (χ1n) is 7.60. The Morgan fingerprint density at radius 2 is 1.86 bits per heavy atom. The molecule has 0 unspecified atom stereocenters. The van der Waals surface area contributed by atoms with Gasteiger partial charge >= 0.3 is 0 Å². The van der Waals surface area contributed by atoms with Gasteiger partial charge in [-0.15, -0.1) is 0 Å². The highest BCUT2D eigenvalue weighted by molar-refractivity contribution is 6.34. The first kappa shape index (κ1) is 17.6. The van der Waals surface area contributed by atoms with Crippen molar-refractivity contribution in [2.75, 3.05) is 6.61 Å². The van der Waals surface area contributed by atoms with E-state index in [-0.39, 0.29) is 5.84 Å². The zero-order valence-corrected chi connectivity index (χ0v) is 13.4. The molecule has 0 aliphatic rings. The summed E-state index contributed by atoms with van der Waals surface area (Å²) in [5.41, 5.74) is 6.08. The van der Waals surface area contributed by atoms with Gasteiger partial charge in [0, 0.05) is 0 Å². The maximum atomic E-state index is 8.80. The van der Waals surface area contributed by atoms with Crippen molar-refractivity contribution in [1.29, 1.82) is 0 Å². The third-order valence-corrected chi connectivity index (χ3v) is 3.66. The second-order valence-electron chi connectivity index (χ2n) is 5.07. The van der Waals surface area contributed by atoms with E-state index in [9.17, 15) is 0 Å². The van der Waals surface area contributed by atoms with Crippen LogP contribution in [0.15, 0.2) is 23.4 Å². The van der Waals surface area contributed by atoms with Crippen LogP contribution in [0.1, 0.15) is 57.4 Å². The Hall–Kier alpha value is -1.42. The van der Waals surface area contributed by atoms with E-state index >= 15 is 0 Å². The third-order valence-electron chi connectivity index (χ3n) is 3.34. The fourth-order valence-corrected chi connectivity index (χ4v) is 2.43. The van der Waals surface area contributed by atoms with Crippen LogP contribution in [-0.4, -0.2) is 17.6 Å². The summed E-state index contributed by atoms with van der Waals surface area (Å²) in [5, 5.41) is 12.2. The van der Waals surface area contributed by atoms with Gasteiger partial charge in [-0.25, -0.2) is 0 Å². The fourth-order valence-electron chi connectivity index (χ4n) is 2.16. The molecule has 1 rings (SSSR count). The quantitative estimate of drug-likeness (QED) is 0.219. The van der Waals surface area contributed by atoms with Gasteiger partial charge in [0.2, 0.25) is 0 Å². The van der Waals surface area contributed by atoms with Crippen molar-refractivity contribution in [3.63, 3.8) is 0 Å². The van der Waals surface area contributed by atoms with E-state index in [2.05, 4.69) is 12.1 Å². The van der Waals surface area contributed by atoms with Crippen molar-refractivity contribution in [3.8, 4) is 5.75 Å². The van der Waals surface area contributed by atoms with Gasteiger partial charge in [0.1, 0.15) is 5.75 Å². The predicted molar refractivity (Wildman–Crippen MR) is 87.5 cm³/mol. The average Bonchev–Trinajstić information content (AvgIpc) is 2.49. The molecule has 0 heterocycles. The van der Waals surface area contributed by atoms with Crippen LogP contribution < -0.4 is 10.5 Å². The molecule has 0 bridgehead atoms. The molecule has 0 fully saturated rings. The number of ether oxygens (including phenoxy) is 1. The summed E-state index contributed by atoms with van der Waals surface area (Å²) in [6.45, 7) is 2.83. The fraction of sp³-hybridized carbons (Fsp3) is 0.562. The molecule has 0 saturated carbocycles. The maximum Gasteiger partial charge on any atom is 0.175 e. The molecule has 1 aromatic rings. The first-order valence-corrected chi connectivity index (χ1v) is 7.97. The molecule has 0 spiro atoms. The summed E-state index contributed by atoms with van der Waals surface area (Å²) >= 11 is 6.06. The lowest BCUT2D eigenvalue weighted by Gasteiger charge is -2.11. The SMILES string of the molecule is CCCCCCCCCOc1cccc(Cl)c1/C(N)=N/O. The number of amidine groups is 1. The molecule has 5 heteroatoms. The summed E-state index contributed by atoms with van der Waals surface area (Å²) in [7, 11) is 0. The number of unbranched alkanes of at least 4 members (excludes halogenated alkanes) is 6. The number of hydrogen-bond acceptors (Lipinski definition) is 3. The minimum atomic E-state index is -0.0323. The van der Waals surface area contributed by atoms with Crippen LogP contribution in [-0.2, 0) is 0 Å². The Bertz CT molecular complexity index is 450. The maximum absolute atomic E-state index is 8.80. The van der Waals surface area contributed by atoms with Crippen LogP contribution in [0.25, 0.3) is 0 Å². The van der Waals surface area contributed by atoms with Crippen molar-refractivity contribution in [2.24, 2.45) is 10.9 Å². The van der Waals surface area contributed by atoms with Gasteiger partial charge in [-0.1, -0.05) is 68.3 Å². The molecule has 0 aliphatic heterocycles. The van der Waals surface area contributed by atoms with E-state index in [4.69, 9.17) is 27.3 Å². The second-order valence-corrected chi connectivity index (χ2v) is 5.48. The lowest BCUT2D eigenvalue weighted by molar-refractivity contribution is 0.302. The summed E-state index contributed by atoms with van der Waals surface area (Å²) in [5.74, 6) is 0.527. The summed E-state index contributed by atoms with van der Waals surface area (Å²) in [4.78, 5) is 0. The molecule has 0 radical (unpaired) electrons. The zero-order valence-electron chi connectivity index (χ0n) is 12.6. The Morgan fingerprint density at radius 3 is 2.52 bits per heavy atom. The topological polar surface area (TPSA) is 67.8 Å². The standard InChI is InChI=1S/C16H25ClN2O2/c1-2-3-4-5-6-7-8-12-21-14-11-9-10-13(17)15(14)16(18)19-20/h9-11,20H,2-8,12H2,1H3,(H2,18,19). The van der Waals surface area contributed by atoms with E-state index in [1.807, 2.05) is 0 Å². The Labute approximate surface area is 131 Å². The van der Waals surface area contributed by atoms with E-state index < -0.39 is 0 Å². The van der Waals surface area contributed by atoms with Crippen molar-refractivity contribution >= 4 is 17.4 Å². The molecule has 21 heavy (non-hydrogen) atoms. The lowest BCUT2D eigenvalue weighted by atomic mass is 10.1. The molecule has 0 atom stereocenters. The molecule has 0 saturated heterocycles. The molecular weight excluding hydrogens is 288 g/mol. The van der Waals surface area contributed by atoms with Gasteiger partial charge in [-0.2, -0.15) is 0 Å². The van der Waals surface area contributed by atoms with Crippen molar-refractivity contribution in [3.05, 3.63) is 28.8 Å². The number of nitrogens with zero attached hydrogens (tertiary/aromatic N) is 1. The van der Waals surface area contributed by atoms with Gasteiger partial charge in [-0.3, -0.25) is 0 Å². The minimum Gasteiger partial charge on any atom is -0.493 e. The van der Waals surface area contributed by atoms with E-state index in [0.29, 0.717) is 22.9 Å². The summed E-state index contributed by atoms with van der Waals surface area (Å²) < 4.78 is 5.71. The molecule has 0 amide bonds. The molecule has 0 aromatic heterocycles. The zero-order chi connectivity index (χ0) is 15.5. The molecule has 0 aliphatic carbocycles. The van der Waals surface area contributed by atoms with Crippen molar-refractivity contribution < 1.29 is 9.94 Å². The highest BCUT2D eigenvalue weighted by Gasteiger charge is 2.12. The number of rotatable bonds is 10. The van der Waals surface area contributed by atoms with Crippen molar-refractivity contribution in [1.82, 2.24) is 0 Å². The normalized spacial score (nSPS) is 11.6. The molecular formula is C16H25ClN2O2. The van der Waals surface area contributed by atoms with Crippen molar-refractivity contribution in [2.45, 2.75) is 51.9 Å². The number of nitrogens with two attached hydrogens (primary N) is 1. The summed E-state index contributed by atoms with van der Waals surface area (Å²) in [6, 6.07) is 5.26. The third kappa shape index (κ3) is 6.25.